The monoisotopic (exact) mass is 472 g/mol. The van der Waals surface area contributed by atoms with Gasteiger partial charge in [-0.3, -0.25) is 9.78 Å². The van der Waals surface area contributed by atoms with E-state index in [-0.39, 0.29) is 5.91 Å². The summed E-state index contributed by atoms with van der Waals surface area (Å²) >= 11 is 14.3. The number of halogens is 2. The van der Waals surface area contributed by atoms with Gasteiger partial charge in [0.2, 0.25) is 5.91 Å². The number of nitrogens with one attached hydrogen (secondary N) is 1. The summed E-state index contributed by atoms with van der Waals surface area (Å²) in [6, 6.07) is 17.2. The number of carbonyl (C=O) groups excluding carboxylic acids is 1. The smallest absolute Gasteiger partial charge is 0.235 e. The summed E-state index contributed by atoms with van der Waals surface area (Å²) in [4.78, 5) is 18.7. The Morgan fingerprint density at radius 2 is 1.87 bits per heavy atom. The van der Waals surface area contributed by atoms with E-state index in [0.29, 0.717) is 36.1 Å². The average molecular weight is 473 g/mol. The molecule has 2 aromatic carbocycles. The minimum absolute atomic E-state index is 0.0733. The molecule has 4 nitrogen and oxygen atoms in total. The highest BCUT2D eigenvalue weighted by atomic mass is 35.5. The number of ether oxygens (including phenoxy) is 1. The van der Waals surface area contributed by atoms with Crippen LogP contribution in [0.3, 0.4) is 0 Å². The van der Waals surface area contributed by atoms with E-state index in [2.05, 4.69) is 16.4 Å². The number of thioether (sulfide) groups is 1. The number of amides is 1. The first-order valence-electron chi connectivity index (χ1n) is 10.0. The lowest BCUT2D eigenvalue weighted by Gasteiger charge is -2.36. The summed E-state index contributed by atoms with van der Waals surface area (Å²) in [5.74, 6) is 0.772. The van der Waals surface area contributed by atoms with Crippen molar-refractivity contribution in [3.8, 4) is 0 Å². The van der Waals surface area contributed by atoms with Crippen LogP contribution < -0.4 is 5.32 Å². The molecule has 31 heavy (non-hydrogen) atoms. The third-order valence-corrected chi connectivity index (χ3v) is 7.10. The Kier molecular flexibility index (Phi) is 7.18. The lowest BCUT2D eigenvalue weighted by Crippen LogP contribution is -2.45. The van der Waals surface area contributed by atoms with Crippen molar-refractivity contribution in [2.45, 2.75) is 28.9 Å². The van der Waals surface area contributed by atoms with E-state index in [9.17, 15) is 4.79 Å². The summed E-state index contributed by atoms with van der Waals surface area (Å²) in [5.41, 5.74) is 1.98. The van der Waals surface area contributed by atoms with Gasteiger partial charge in [-0.25, -0.2) is 0 Å². The molecule has 4 rings (SSSR count). The molecule has 1 aliphatic rings. The fraction of sp³-hybridized carbons (Fsp3) is 0.250. The van der Waals surface area contributed by atoms with E-state index >= 15 is 0 Å². The Morgan fingerprint density at radius 3 is 2.55 bits per heavy atom. The third-order valence-electron chi connectivity index (χ3n) is 5.47. The molecule has 2 heterocycles. The first-order valence-corrected chi connectivity index (χ1v) is 11.8. The molecule has 0 atom stereocenters. The number of pyridine rings is 1. The Bertz CT molecular complexity index is 1040. The van der Waals surface area contributed by atoms with E-state index < -0.39 is 5.41 Å². The van der Waals surface area contributed by atoms with Crippen molar-refractivity contribution < 1.29 is 9.53 Å². The lowest BCUT2D eigenvalue weighted by atomic mass is 9.73. The molecule has 0 bridgehead atoms. The Balaban J connectivity index is 1.48. The standard InChI is InChI=1S/C24H22Cl2N2O2S/c25-18-3-8-21(22(26)14-18)24(9-12-30-13-10-24)23(29)28-19-4-6-20(7-5-19)31-16-17-2-1-11-27-15-17/h1-8,11,14-15H,9-10,12-13,16H2,(H,28,29). The summed E-state index contributed by atoms with van der Waals surface area (Å²) in [6.45, 7) is 1.02. The maximum Gasteiger partial charge on any atom is 0.235 e. The number of rotatable bonds is 6. The van der Waals surface area contributed by atoms with Crippen LogP contribution in [0.1, 0.15) is 24.0 Å². The van der Waals surface area contributed by atoms with Crippen LogP contribution in [0.25, 0.3) is 0 Å². The van der Waals surface area contributed by atoms with Gasteiger partial charge in [0.1, 0.15) is 0 Å². The van der Waals surface area contributed by atoms with Crippen molar-refractivity contribution in [3.05, 3.63) is 88.2 Å². The predicted octanol–water partition coefficient (Wildman–Crippen LogP) is 6.37. The fourth-order valence-electron chi connectivity index (χ4n) is 3.75. The first-order chi connectivity index (χ1) is 15.1. The van der Waals surface area contributed by atoms with Gasteiger partial charge in [-0.2, -0.15) is 0 Å². The topological polar surface area (TPSA) is 51.2 Å². The summed E-state index contributed by atoms with van der Waals surface area (Å²) < 4.78 is 5.53. The second kappa shape index (κ2) is 10.0. The summed E-state index contributed by atoms with van der Waals surface area (Å²) in [6.07, 6.45) is 4.78. The molecule has 1 aromatic heterocycles. The van der Waals surface area contributed by atoms with Crippen molar-refractivity contribution >= 4 is 46.6 Å². The zero-order chi connectivity index (χ0) is 21.7. The zero-order valence-electron chi connectivity index (χ0n) is 16.8. The van der Waals surface area contributed by atoms with Crippen molar-refractivity contribution in [2.24, 2.45) is 0 Å². The van der Waals surface area contributed by atoms with Crippen LogP contribution in [-0.4, -0.2) is 24.1 Å². The van der Waals surface area contributed by atoms with E-state index in [0.717, 1.165) is 21.9 Å². The maximum absolute atomic E-state index is 13.5. The Labute approximate surface area is 196 Å². The Hall–Kier alpha value is -2.05. The number of hydrogen-bond donors (Lipinski definition) is 1. The van der Waals surface area contributed by atoms with Gasteiger partial charge in [0.25, 0.3) is 0 Å². The quantitative estimate of drug-likeness (QED) is 0.423. The van der Waals surface area contributed by atoms with Gasteiger partial charge < -0.3 is 10.1 Å². The van der Waals surface area contributed by atoms with Crippen LogP contribution in [0.2, 0.25) is 10.0 Å². The highest BCUT2D eigenvalue weighted by molar-refractivity contribution is 7.98. The highest BCUT2D eigenvalue weighted by Crippen LogP contribution is 2.40. The molecule has 0 unspecified atom stereocenters. The molecule has 0 aliphatic carbocycles. The third kappa shape index (κ3) is 5.24. The molecule has 1 saturated heterocycles. The highest BCUT2D eigenvalue weighted by Gasteiger charge is 2.43. The molecule has 160 valence electrons. The number of hydrogen-bond acceptors (Lipinski definition) is 4. The van der Waals surface area contributed by atoms with Crippen LogP contribution in [0, 0.1) is 0 Å². The number of nitrogens with zero attached hydrogens (tertiary/aromatic N) is 1. The van der Waals surface area contributed by atoms with Gasteiger partial charge in [0.15, 0.2) is 0 Å². The maximum atomic E-state index is 13.5. The molecular weight excluding hydrogens is 451 g/mol. The fourth-order valence-corrected chi connectivity index (χ4v) is 5.17. The normalized spacial score (nSPS) is 15.4. The van der Waals surface area contributed by atoms with Gasteiger partial charge in [0.05, 0.1) is 5.41 Å². The van der Waals surface area contributed by atoms with Crippen LogP contribution in [0.5, 0.6) is 0 Å². The Morgan fingerprint density at radius 1 is 1.10 bits per heavy atom. The predicted molar refractivity (Wildman–Crippen MR) is 127 cm³/mol. The number of carbonyl (C=O) groups is 1. The van der Waals surface area contributed by atoms with Crippen LogP contribution in [0.4, 0.5) is 5.69 Å². The van der Waals surface area contributed by atoms with Gasteiger partial charge in [0, 0.05) is 52.0 Å². The van der Waals surface area contributed by atoms with Crippen molar-refractivity contribution in [1.82, 2.24) is 4.98 Å². The lowest BCUT2D eigenvalue weighted by molar-refractivity contribution is -0.125. The summed E-state index contributed by atoms with van der Waals surface area (Å²) in [7, 11) is 0. The second-order valence-corrected chi connectivity index (χ2v) is 9.34. The van der Waals surface area contributed by atoms with Crippen LogP contribution >= 0.6 is 35.0 Å². The van der Waals surface area contributed by atoms with Crippen molar-refractivity contribution in [1.29, 1.82) is 0 Å². The molecule has 0 radical (unpaired) electrons. The van der Waals surface area contributed by atoms with E-state index in [1.54, 1.807) is 30.1 Å². The molecule has 3 aromatic rings. The van der Waals surface area contributed by atoms with Gasteiger partial charge in [-0.05, 0) is 66.4 Å². The number of anilines is 1. The number of benzene rings is 2. The van der Waals surface area contributed by atoms with Gasteiger partial charge >= 0.3 is 0 Å². The molecule has 7 heteroatoms. The van der Waals surface area contributed by atoms with Gasteiger partial charge in [-0.15, -0.1) is 11.8 Å². The molecule has 1 aliphatic heterocycles. The summed E-state index contributed by atoms with van der Waals surface area (Å²) in [5, 5.41) is 4.15. The van der Waals surface area contributed by atoms with E-state index in [4.69, 9.17) is 27.9 Å². The van der Waals surface area contributed by atoms with E-state index in [1.807, 2.05) is 42.6 Å². The van der Waals surface area contributed by atoms with E-state index in [1.165, 1.54) is 5.56 Å². The van der Waals surface area contributed by atoms with Crippen molar-refractivity contribution in [2.75, 3.05) is 18.5 Å². The zero-order valence-corrected chi connectivity index (χ0v) is 19.1. The molecule has 1 fully saturated rings. The largest absolute Gasteiger partial charge is 0.381 e. The van der Waals surface area contributed by atoms with Crippen LogP contribution in [0.15, 0.2) is 71.9 Å². The molecule has 1 amide bonds. The van der Waals surface area contributed by atoms with Crippen LogP contribution in [-0.2, 0) is 20.7 Å². The molecule has 0 saturated carbocycles. The minimum Gasteiger partial charge on any atom is -0.381 e. The SMILES string of the molecule is O=C(Nc1ccc(SCc2cccnc2)cc1)C1(c2ccc(Cl)cc2Cl)CCOCC1. The molecular formula is C24H22Cl2N2O2S. The molecule has 1 N–H and O–H groups in total. The second-order valence-electron chi connectivity index (χ2n) is 7.45. The molecule has 0 spiro atoms. The van der Waals surface area contributed by atoms with Gasteiger partial charge in [-0.1, -0.05) is 35.3 Å². The number of aromatic nitrogens is 1. The average Bonchev–Trinajstić information content (AvgIpc) is 2.80. The minimum atomic E-state index is -0.742. The van der Waals surface area contributed by atoms with Crippen molar-refractivity contribution in [3.63, 3.8) is 0 Å². The first kappa shape index (κ1) is 22.2.